The highest BCUT2D eigenvalue weighted by Gasteiger charge is 2.08. The lowest BCUT2D eigenvalue weighted by Crippen LogP contribution is -2.43. The number of methoxy groups -OCH3 is 1. The molecule has 7 heteroatoms. The highest BCUT2D eigenvalue weighted by atomic mass is 16.5. The van der Waals surface area contributed by atoms with Gasteiger partial charge in [0.2, 0.25) is 0 Å². The number of amides is 2. The molecule has 2 aromatic carbocycles. The average molecular weight is 325 g/mol. The van der Waals surface area contributed by atoms with Gasteiger partial charge in [0.1, 0.15) is 11.5 Å². The van der Waals surface area contributed by atoms with E-state index in [4.69, 9.17) is 14.7 Å². The van der Waals surface area contributed by atoms with Crippen LogP contribution < -0.4 is 20.3 Å². The first-order valence-electron chi connectivity index (χ1n) is 6.98. The first-order chi connectivity index (χ1) is 11.6. The van der Waals surface area contributed by atoms with Crippen LogP contribution in [0.5, 0.6) is 11.5 Å². The zero-order valence-electron chi connectivity index (χ0n) is 12.9. The van der Waals surface area contributed by atoms with E-state index in [-0.39, 0.29) is 6.61 Å². The van der Waals surface area contributed by atoms with E-state index < -0.39 is 11.8 Å². The van der Waals surface area contributed by atoms with Gasteiger partial charge in [0.15, 0.2) is 6.61 Å². The van der Waals surface area contributed by atoms with Crippen LogP contribution in [0.4, 0.5) is 0 Å². The summed E-state index contributed by atoms with van der Waals surface area (Å²) in [5, 5.41) is 8.69. The topological polar surface area (TPSA) is 100 Å². The predicted octanol–water partition coefficient (Wildman–Crippen LogP) is 1.41. The van der Waals surface area contributed by atoms with E-state index in [1.807, 2.05) is 6.07 Å². The summed E-state index contributed by atoms with van der Waals surface area (Å²) in [5.41, 5.74) is 5.39. The first kappa shape index (κ1) is 16.8. The van der Waals surface area contributed by atoms with Gasteiger partial charge in [0.25, 0.3) is 11.8 Å². The molecule has 0 aromatic heterocycles. The number of ether oxygens (including phenoxy) is 2. The minimum absolute atomic E-state index is 0.274. The van der Waals surface area contributed by atoms with Crippen LogP contribution in [0.25, 0.3) is 0 Å². The Labute approximate surface area is 138 Å². The fourth-order valence-corrected chi connectivity index (χ4v) is 1.77. The molecule has 0 aliphatic heterocycles. The number of carbonyl (C=O) groups is 2. The molecule has 7 nitrogen and oxygen atoms in total. The molecule has 24 heavy (non-hydrogen) atoms. The van der Waals surface area contributed by atoms with Gasteiger partial charge in [0.05, 0.1) is 18.7 Å². The lowest BCUT2D eigenvalue weighted by Gasteiger charge is -2.09. The summed E-state index contributed by atoms with van der Waals surface area (Å²) < 4.78 is 10.3. The quantitative estimate of drug-likeness (QED) is 0.810. The van der Waals surface area contributed by atoms with Crippen molar-refractivity contribution in [2.24, 2.45) is 0 Å². The van der Waals surface area contributed by atoms with Crippen molar-refractivity contribution in [1.82, 2.24) is 10.9 Å². The van der Waals surface area contributed by atoms with E-state index in [1.165, 1.54) is 7.11 Å². The molecule has 2 N–H and O–H groups in total. The molecule has 2 amide bonds. The molecule has 2 rings (SSSR count). The Kier molecular flexibility index (Phi) is 5.75. The highest BCUT2D eigenvalue weighted by Crippen LogP contribution is 2.12. The summed E-state index contributed by atoms with van der Waals surface area (Å²) in [6.45, 7) is -0.274. The molecule has 0 unspecified atom stereocenters. The number of nitrogens with zero attached hydrogens (tertiary/aromatic N) is 1. The van der Waals surface area contributed by atoms with Crippen molar-refractivity contribution in [3.8, 4) is 17.6 Å². The van der Waals surface area contributed by atoms with Gasteiger partial charge >= 0.3 is 0 Å². The summed E-state index contributed by atoms with van der Waals surface area (Å²) in [7, 11) is 1.50. The fraction of sp³-hybridized carbons (Fsp3) is 0.118. The van der Waals surface area contributed by atoms with E-state index in [1.54, 1.807) is 48.5 Å². The van der Waals surface area contributed by atoms with Crippen LogP contribution in [0.1, 0.15) is 15.9 Å². The number of hydrogen-bond acceptors (Lipinski definition) is 5. The summed E-state index contributed by atoms with van der Waals surface area (Å²) in [6.07, 6.45) is 0. The van der Waals surface area contributed by atoms with Gasteiger partial charge in [-0.05, 0) is 42.5 Å². The second kappa shape index (κ2) is 8.19. The molecule has 0 spiro atoms. The van der Waals surface area contributed by atoms with Gasteiger partial charge in [-0.15, -0.1) is 0 Å². The molecule has 0 fully saturated rings. The van der Waals surface area contributed by atoms with Gasteiger partial charge in [-0.1, -0.05) is 6.07 Å². The Morgan fingerprint density at radius 1 is 1.08 bits per heavy atom. The van der Waals surface area contributed by atoms with Crippen LogP contribution in [-0.2, 0) is 4.79 Å². The minimum Gasteiger partial charge on any atom is -0.497 e. The van der Waals surface area contributed by atoms with Crippen molar-refractivity contribution in [1.29, 1.82) is 5.26 Å². The van der Waals surface area contributed by atoms with Crippen LogP contribution in [0, 0.1) is 11.3 Å². The summed E-state index contributed by atoms with van der Waals surface area (Å²) in [5.74, 6) is -0.00220. The van der Waals surface area contributed by atoms with E-state index >= 15 is 0 Å². The number of benzene rings is 2. The number of rotatable bonds is 5. The maximum Gasteiger partial charge on any atom is 0.276 e. The van der Waals surface area contributed by atoms with Gasteiger partial charge in [-0.3, -0.25) is 20.4 Å². The van der Waals surface area contributed by atoms with E-state index in [0.29, 0.717) is 22.6 Å². The molecule has 0 heterocycles. The number of hydrogen-bond donors (Lipinski definition) is 2. The van der Waals surface area contributed by atoms with Crippen LogP contribution in [-0.4, -0.2) is 25.5 Å². The Morgan fingerprint density at radius 2 is 1.83 bits per heavy atom. The molecular formula is C17H15N3O4. The average Bonchev–Trinajstić information content (AvgIpc) is 2.64. The normalized spacial score (nSPS) is 9.50. The Bertz CT molecular complexity index is 766. The van der Waals surface area contributed by atoms with Gasteiger partial charge < -0.3 is 9.47 Å². The fourth-order valence-electron chi connectivity index (χ4n) is 1.77. The molecule has 0 atom stereocenters. The molecule has 2 aromatic rings. The van der Waals surface area contributed by atoms with Crippen molar-refractivity contribution in [3.63, 3.8) is 0 Å². The molecule has 0 saturated heterocycles. The molecule has 0 saturated carbocycles. The summed E-state index contributed by atoms with van der Waals surface area (Å²) in [6, 6.07) is 14.8. The Balaban J connectivity index is 1.79. The third-order valence-corrected chi connectivity index (χ3v) is 3.00. The monoisotopic (exact) mass is 325 g/mol. The zero-order valence-corrected chi connectivity index (χ0v) is 12.9. The molecule has 0 aliphatic carbocycles. The van der Waals surface area contributed by atoms with E-state index in [9.17, 15) is 9.59 Å². The zero-order chi connectivity index (χ0) is 17.4. The lowest BCUT2D eigenvalue weighted by molar-refractivity contribution is -0.123. The molecule has 0 aliphatic rings. The van der Waals surface area contributed by atoms with Crippen LogP contribution in [0.3, 0.4) is 0 Å². The van der Waals surface area contributed by atoms with Gasteiger partial charge in [0, 0.05) is 5.56 Å². The largest absolute Gasteiger partial charge is 0.497 e. The standard InChI is InChI=1S/C17H15N3O4/c1-23-15-4-2-3-13(9-15)17(22)20-19-16(21)11-24-14-7-5-12(10-18)6-8-14/h2-9H,11H2,1H3,(H,19,21)(H,20,22). The Morgan fingerprint density at radius 3 is 2.50 bits per heavy atom. The number of nitriles is 1. The number of hydrazine groups is 1. The number of nitrogens with one attached hydrogen (secondary N) is 2. The predicted molar refractivity (Wildman–Crippen MR) is 85.3 cm³/mol. The summed E-state index contributed by atoms with van der Waals surface area (Å²) >= 11 is 0. The molecular weight excluding hydrogens is 310 g/mol. The van der Waals surface area contributed by atoms with Crippen molar-refractivity contribution < 1.29 is 19.1 Å². The van der Waals surface area contributed by atoms with Crippen molar-refractivity contribution in [3.05, 3.63) is 59.7 Å². The van der Waals surface area contributed by atoms with Gasteiger partial charge in [-0.2, -0.15) is 5.26 Å². The number of carbonyl (C=O) groups excluding carboxylic acids is 2. The maximum absolute atomic E-state index is 11.9. The SMILES string of the molecule is COc1cccc(C(=O)NNC(=O)COc2ccc(C#N)cc2)c1. The smallest absolute Gasteiger partial charge is 0.276 e. The molecule has 122 valence electrons. The van der Waals surface area contributed by atoms with Crippen molar-refractivity contribution in [2.45, 2.75) is 0 Å². The third-order valence-electron chi connectivity index (χ3n) is 3.00. The highest BCUT2D eigenvalue weighted by molar-refractivity contribution is 5.95. The maximum atomic E-state index is 11.9. The molecule has 0 radical (unpaired) electrons. The van der Waals surface area contributed by atoms with Crippen molar-refractivity contribution >= 4 is 11.8 Å². The van der Waals surface area contributed by atoms with E-state index in [0.717, 1.165) is 0 Å². The Hall–Kier alpha value is -3.53. The second-order valence-corrected chi connectivity index (χ2v) is 4.66. The second-order valence-electron chi connectivity index (χ2n) is 4.66. The van der Waals surface area contributed by atoms with Gasteiger partial charge in [-0.25, -0.2) is 0 Å². The first-order valence-corrected chi connectivity index (χ1v) is 6.98. The van der Waals surface area contributed by atoms with Crippen LogP contribution >= 0.6 is 0 Å². The van der Waals surface area contributed by atoms with Crippen LogP contribution in [0.15, 0.2) is 48.5 Å². The van der Waals surface area contributed by atoms with Crippen molar-refractivity contribution in [2.75, 3.05) is 13.7 Å². The summed E-state index contributed by atoms with van der Waals surface area (Å²) in [4.78, 5) is 23.6. The third kappa shape index (κ3) is 4.74. The molecule has 0 bridgehead atoms. The lowest BCUT2D eigenvalue weighted by atomic mass is 10.2. The van der Waals surface area contributed by atoms with E-state index in [2.05, 4.69) is 10.9 Å². The minimum atomic E-state index is -0.518. The van der Waals surface area contributed by atoms with Crippen LogP contribution in [0.2, 0.25) is 0 Å².